The summed E-state index contributed by atoms with van der Waals surface area (Å²) in [6.45, 7) is 4.48. The second-order valence-corrected chi connectivity index (χ2v) is 3.95. The number of hydrogen-bond acceptors (Lipinski definition) is 1. The fraction of sp³-hybridized carbons (Fsp3) is 1.00. The van der Waals surface area contributed by atoms with Gasteiger partial charge in [-0.25, -0.2) is 0 Å². The third-order valence-corrected chi connectivity index (χ3v) is 2.93. The minimum absolute atomic E-state index is 0. The first-order chi connectivity index (χ1) is 4.65. The Bertz CT molecular complexity index is 111. The van der Waals surface area contributed by atoms with Crippen LogP contribution >= 0.6 is 0 Å². The largest absolute Gasteiger partial charge is 1.00 e. The molecule has 0 aromatic rings. The van der Waals surface area contributed by atoms with Gasteiger partial charge in [-0.05, 0) is 18.8 Å². The van der Waals surface area contributed by atoms with E-state index in [0.717, 1.165) is 0 Å². The molecule has 0 aromatic carbocycles. The predicted molar refractivity (Wildman–Crippen MR) is 46.0 cm³/mol. The smallest absolute Gasteiger partial charge is 1.00 e. The standard InChI is InChI=1S/C9H19N.K.H/c1-8(2)9(10)6-4-3-5-7-9;;/h8H,3-7,10H2,1-2H3;;/q;+1;-1. The maximum atomic E-state index is 6.20. The summed E-state index contributed by atoms with van der Waals surface area (Å²) in [5.74, 6) is 0.660. The Balaban J connectivity index is 0. The van der Waals surface area contributed by atoms with Gasteiger partial charge in [0.05, 0.1) is 0 Å². The van der Waals surface area contributed by atoms with Crippen LogP contribution in [0.15, 0.2) is 0 Å². The first-order valence-corrected chi connectivity index (χ1v) is 4.44. The molecule has 0 saturated heterocycles. The molecule has 0 aliphatic heterocycles. The van der Waals surface area contributed by atoms with Crippen molar-refractivity contribution in [2.45, 2.75) is 51.5 Å². The summed E-state index contributed by atoms with van der Waals surface area (Å²) in [5, 5.41) is 0. The summed E-state index contributed by atoms with van der Waals surface area (Å²) >= 11 is 0. The van der Waals surface area contributed by atoms with Crippen molar-refractivity contribution in [3.8, 4) is 0 Å². The minimum atomic E-state index is 0. The molecule has 1 fully saturated rings. The quantitative estimate of drug-likeness (QED) is 0.538. The van der Waals surface area contributed by atoms with E-state index < -0.39 is 0 Å². The molecular formula is C9H20KN. The second kappa shape index (κ2) is 5.35. The zero-order valence-electron chi connectivity index (χ0n) is 9.19. The Hall–Kier alpha value is 1.60. The van der Waals surface area contributed by atoms with Crippen LogP contribution in [0.25, 0.3) is 0 Å². The van der Waals surface area contributed by atoms with E-state index in [2.05, 4.69) is 13.8 Å². The van der Waals surface area contributed by atoms with Gasteiger partial charge in [0.15, 0.2) is 0 Å². The van der Waals surface area contributed by atoms with E-state index in [9.17, 15) is 0 Å². The predicted octanol–water partition coefficient (Wildman–Crippen LogP) is -0.579. The summed E-state index contributed by atoms with van der Waals surface area (Å²) in [5.41, 5.74) is 6.38. The van der Waals surface area contributed by atoms with Crippen molar-refractivity contribution in [2.75, 3.05) is 0 Å². The van der Waals surface area contributed by atoms with Crippen LogP contribution in [0, 0.1) is 5.92 Å². The Kier molecular flexibility index (Phi) is 6.13. The third kappa shape index (κ3) is 3.45. The molecule has 0 unspecified atom stereocenters. The van der Waals surface area contributed by atoms with Crippen LogP contribution in [0.1, 0.15) is 47.4 Å². The van der Waals surface area contributed by atoms with Gasteiger partial charge in [-0.3, -0.25) is 0 Å². The molecule has 62 valence electrons. The van der Waals surface area contributed by atoms with Crippen molar-refractivity contribution in [3.63, 3.8) is 0 Å². The second-order valence-electron chi connectivity index (χ2n) is 3.95. The molecule has 0 atom stereocenters. The van der Waals surface area contributed by atoms with Crippen LogP contribution in [-0.2, 0) is 0 Å². The van der Waals surface area contributed by atoms with E-state index in [1.54, 1.807) is 0 Å². The van der Waals surface area contributed by atoms with Gasteiger partial charge in [-0.2, -0.15) is 0 Å². The molecule has 1 nitrogen and oxygen atoms in total. The number of nitrogens with two attached hydrogens (primary N) is 1. The molecule has 0 bridgehead atoms. The van der Waals surface area contributed by atoms with E-state index in [0.29, 0.717) is 5.92 Å². The van der Waals surface area contributed by atoms with Crippen LogP contribution in [0.3, 0.4) is 0 Å². The van der Waals surface area contributed by atoms with Crippen LogP contribution in [0.5, 0.6) is 0 Å². The molecular weight excluding hydrogens is 161 g/mol. The summed E-state index contributed by atoms with van der Waals surface area (Å²) in [7, 11) is 0. The maximum absolute atomic E-state index is 6.20. The van der Waals surface area contributed by atoms with E-state index in [1.807, 2.05) is 0 Å². The Morgan fingerprint density at radius 2 is 1.64 bits per heavy atom. The topological polar surface area (TPSA) is 26.0 Å². The molecule has 0 spiro atoms. The third-order valence-electron chi connectivity index (χ3n) is 2.93. The molecule has 0 amide bonds. The molecule has 1 rings (SSSR count). The molecule has 1 aliphatic rings. The van der Waals surface area contributed by atoms with Gasteiger partial charge in [0.2, 0.25) is 0 Å². The average Bonchev–Trinajstić information content (AvgIpc) is 1.89. The monoisotopic (exact) mass is 181 g/mol. The zero-order chi connectivity index (χ0) is 7.61. The average molecular weight is 181 g/mol. The zero-order valence-corrected chi connectivity index (χ0v) is 11.3. The Labute approximate surface area is 114 Å². The van der Waals surface area contributed by atoms with Gasteiger partial charge in [0.25, 0.3) is 0 Å². The number of hydrogen-bond donors (Lipinski definition) is 1. The SMILES string of the molecule is CC(C)C1(N)CCCCC1.[H-].[K+]. The van der Waals surface area contributed by atoms with Crippen molar-refractivity contribution in [1.29, 1.82) is 0 Å². The summed E-state index contributed by atoms with van der Waals surface area (Å²) in [6, 6.07) is 0. The first-order valence-electron chi connectivity index (χ1n) is 4.44. The van der Waals surface area contributed by atoms with E-state index in [1.165, 1.54) is 32.1 Å². The van der Waals surface area contributed by atoms with E-state index >= 15 is 0 Å². The van der Waals surface area contributed by atoms with Gasteiger partial charge in [0.1, 0.15) is 0 Å². The summed E-state index contributed by atoms with van der Waals surface area (Å²) in [6.07, 6.45) is 6.56. The maximum Gasteiger partial charge on any atom is 1.00 e. The first kappa shape index (κ1) is 12.6. The van der Waals surface area contributed by atoms with Crippen LogP contribution in [-0.4, -0.2) is 5.54 Å². The normalized spacial score (nSPS) is 22.9. The van der Waals surface area contributed by atoms with Gasteiger partial charge in [0, 0.05) is 5.54 Å². The number of rotatable bonds is 1. The molecule has 1 saturated carbocycles. The molecule has 0 radical (unpaired) electrons. The van der Waals surface area contributed by atoms with Gasteiger partial charge >= 0.3 is 51.4 Å². The summed E-state index contributed by atoms with van der Waals surface area (Å²) < 4.78 is 0. The molecule has 1 aliphatic carbocycles. The van der Waals surface area contributed by atoms with Crippen molar-refractivity contribution in [3.05, 3.63) is 0 Å². The van der Waals surface area contributed by atoms with E-state index in [-0.39, 0.29) is 58.4 Å². The molecule has 2 heteroatoms. The summed E-state index contributed by atoms with van der Waals surface area (Å²) in [4.78, 5) is 0. The van der Waals surface area contributed by atoms with Crippen molar-refractivity contribution >= 4 is 0 Å². The molecule has 11 heavy (non-hydrogen) atoms. The molecule has 2 N–H and O–H groups in total. The Morgan fingerprint density at radius 3 is 1.91 bits per heavy atom. The van der Waals surface area contributed by atoms with Crippen LogP contribution in [0.2, 0.25) is 0 Å². The fourth-order valence-electron chi connectivity index (χ4n) is 1.79. The Morgan fingerprint density at radius 1 is 1.18 bits per heavy atom. The minimum Gasteiger partial charge on any atom is -1.00 e. The molecule has 0 heterocycles. The van der Waals surface area contributed by atoms with Crippen LogP contribution in [0.4, 0.5) is 0 Å². The molecule has 0 aromatic heterocycles. The van der Waals surface area contributed by atoms with Crippen LogP contribution < -0.4 is 57.1 Å². The van der Waals surface area contributed by atoms with Crippen molar-refractivity contribution in [2.24, 2.45) is 11.7 Å². The van der Waals surface area contributed by atoms with Gasteiger partial charge in [-0.15, -0.1) is 0 Å². The van der Waals surface area contributed by atoms with Crippen molar-refractivity contribution < 1.29 is 52.8 Å². The van der Waals surface area contributed by atoms with Crippen molar-refractivity contribution in [1.82, 2.24) is 0 Å². The fourth-order valence-corrected chi connectivity index (χ4v) is 1.79. The van der Waals surface area contributed by atoms with E-state index in [4.69, 9.17) is 5.73 Å². The van der Waals surface area contributed by atoms with Gasteiger partial charge in [-0.1, -0.05) is 33.1 Å². The van der Waals surface area contributed by atoms with Gasteiger partial charge < -0.3 is 7.16 Å².